The molecule has 1 aromatic heterocycles. The molecule has 0 aliphatic rings. The second-order valence-electron chi connectivity index (χ2n) is 5.11. The van der Waals surface area contributed by atoms with Gasteiger partial charge in [0.2, 0.25) is 0 Å². The van der Waals surface area contributed by atoms with Crippen molar-refractivity contribution in [1.82, 2.24) is 10.3 Å². The molecule has 0 saturated carbocycles. The van der Waals surface area contributed by atoms with E-state index in [4.69, 9.17) is 0 Å². The summed E-state index contributed by atoms with van der Waals surface area (Å²) in [5.74, 6) is 0.718. The molecule has 0 aliphatic heterocycles. The Morgan fingerprint density at radius 2 is 1.90 bits per heavy atom. The zero-order chi connectivity index (χ0) is 15.1. The Morgan fingerprint density at radius 3 is 2.67 bits per heavy atom. The Hall–Kier alpha value is -1.94. The SMILES string of the molecule is CCCNCc1cccnc1N(C)Cc1ccccc1F. The van der Waals surface area contributed by atoms with Gasteiger partial charge in [0.25, 0.3) is 0 Å². The van der Waals surface area contributed by atoms with E-state index >= 15 is 0 Å². The number of benzene rings is 1. The summed E-state index contributed by atoms with van der Waals surface area (Å²) < 4.78 is 13.8. The second-order valence-corrected chi connectivity index (χ2v) is 5.11. The summed E-state index contributed by atoms with van der Waals surface area (Å²) >= 11 is 0. The maximum atomic E-state index is 13.8. The molecule has 0 aliphatic carbocycles. The average molecular weight is 287 g/mol. The van der Waals surface area contributed by atoms with Crippen molar-refractivity contribution in [2.45, 2.75) is 26.4 Å². The maximum Gasteiger partial charge on any atom is 0.133 e. The number of nitrogens with one attached hydrogen (secondary N) is 1. The van der Waals surface area contributed by atoms with Crippen LogP contribution in [0.25, 0.3) is 0 Å². The van der Waals surface area contributed by atoms with E-state index in [9.17, 15) is 4.39 Å². The highest BCUT2D eigenvalue weighted by Gasteiger charge is 2.10. The fraction of sp³-hybridized carbons (Fsp3) is 0.353. The molecule has 3 nitrogen and oxygen atoms in total. The molecule has 1 N–H and O–H groups in total. The summed E-state index contributed by atoms with van der Waals surface area (Å²) in [4.78, 5) is 6.43. The first-order valence-electron chi connectivity index (χ1n) is 7.31. The van der Waals surface area contributed by atoms with Gasteiger partial charge in [0.15, 0.2) is 0 Å². The molecule has 0 spiro atoms. The van der Waals surface area contributed by atoms with Crippen molar-refractivity contribution in [3.63, 3.8) is 0 Å². The molecular formula is C17H22FN3. The van der Waals surface area contributed by atoms with Crippen LogP contribution in [0.4, 0.5) is 10.2 Å². The standard InChI is InChI=1S/C17H22FN3/c1-3-10-19-12-14-8-6-11-20-17(14)21(2)13-15-7-4-5-9-16(15)18/h4-9,11,19H,3,10,12-13H2,1-2H3. The lowest BCUT2D eigenvalue weighted by molar-refractivity contribution is 0.607. The third-order valence-corrected chi connectivity index (χ3v) is 3.34. The van der Waals surface area contributed by atoms with E-state index in [0.717, 1.165) is 30.9 Å². The Labute approximate surface area is 125 Å². The minimum Gasteiger partial charge on any atom is -0.355 e. The first kappa shape index (κ1) is 15.4. The van der Waals surface area contributed by atoms with Gasteiger partial charge in [-0.05, 0) is 25.1 Å². The van der Waals surface area contributed by atoms with Crippen molar-refractivity contribution < 1.29 is 4.39 Å². The maximum absolute atomic E-state index is 13.8. The molecule has 0 atom stereocenters. The van der Waals surface area contributed by atoms with Gasteiger partial charge in [-0.3, -0.25) is 0 Å². The number of rotatable bonds is 7. The van der Waals surface area contributed by atoms with Crippen molar-refractivity contribution in [3.8, 4) is 0 Å². The minimum absolute atomic E-state index is 0.175. The molecule has 21 heavy (non-hydrogen) atoms. The van der Waals surface area contributed by atoms with Crippen LogP contribution in [-0.4, -0.2) is 18.6 Å². The minimum atomic E-state index is -0.175. The lowest BCUT2D eigenvalue weighted by Crippen LogP contribution is -2.22. The molecule has 0 saturated heterocycles. The van der Waals surface area contributed by atoms with Gasteiger partial charge in [0.05, 0.1) is 0 Å². The van der Waals surface area contributed by atoms with Crippen LogP contribution in [0.15, 0.2) is 42.6 Å². The molecule has 112 valence electrons. The van der Waals surface area contributed by atoms with E-state index in [1.165, 1.54) is 6.07 Å². The Balaban J connectivity index is 2.11. The van der Waals surface area contributed by atoms with Crippen LogP contribution in [0.3, 0.4) is 0 Å². The lowest BCUT2D eigenvalue weighted by atomic mass is 10.2. The monoisotopic (exact) mass is 287 g/mol. The number of nitrogens with zero attached hydrogens (tertiary/aromatic N) is 2. The summed E-state index contributed by atoms with van der Waals surface area (Å²) in [6, 6.07) is 10.9. The third-order valence-electron chi connectivity index (χ3n) is 3.34. The van der Waals surface area contributed by atoms with Crippen LogP contribution in [0.5, 0.6) is 0 Å². The van der Waals surface area contributed by atoms with Gasteiger partial charge in [0.1, 0.15) is 11.6 Å². The number of hydrogen-bond acceptors (Lipinski definition) is 3. The number of hydrogen-bond donors (Lipinski definition) is 1. The van der Waals surface area contributed by atoms with Gasteiger partial charge in [-0.1, -0.05) is 31.2 Å². The van der Waals surface area contributed by atoms with Crippen LogP contribution in [0, 0.1) is 5.82 Å². The topological polar surface area (TPSA) is 28.2 Å². The quantitative estimate of drug-likeness (QED) is 0.792. The van der Waals surface area contributed by atoms with Gasteiger partial charge in [0, 0.05) is 37.5 Å². The number of pyridine rings is 1. The second kappa shape index (κ2) is 7.74. The van der Waals surface area contributed by atoms with E-state index < -0.39 is 0 Å². The van der Waals surface area contributed by atoms with Crippen LogP contribution in [-0.2, 0) is 13.1 Å². The molecule has 2 rings (SSSR count). The molecule has 0 radical (unpaired) electrons. The molecule has 0 unspecified atom stereocenters. The first-order chi connectivity index (χ1) is 10.2. The zero-order valence-electron chi connectivity index (χ0n) is 12.6. The largest absolute Gasteiger partial charge is 0.355 e. The highest BCUT2D eigenvalue weighted by Crippen LogP contribution is 2.19. The number of halogens is 1. The zero-order valence-corrected chi connectivity index (χ0v) is 12.6. The van der Waals surface area contributed by atoms with Gasteiger partial charge in [-0.25, -0.2) is 9.37 Å². The van der Waals surface area contributed by atoms with Gasteiger partial charge < -0.3 is 10.2 Å². The fourth-order valence-corrected chi connectivity index (χ4v) is 2.27. The molecule has 4 heteroatoms. The smallest absolute Gasteiger partial charge is 0.133 e. The summed E-state index contributed by atoms with van der Waals surface area (Å²) in [5, 5.41) is 3.38. The lowest BCUT2D eigenvalue weighted by Gasteiger charge is -2.21. The van der Waals surface area contributed by atoms with E-state index in [1.54, 1.807) is 12.3 Å². The predicted molar refractivity (Wildman–Crippen MR) is 84.7 cm³/mol. The molecule has 0 fully saturated rings. The van der Waals surface area contributed by atoms with Crippen molar-refractivity contribution in [2.24, 2.45) is 0 Å². The summed E-state index contributed by atoms with van der Waals surface area (Å²) in [5.41, 5.74) is 1.81. The fourth-order valence-electron chi connectivity index (χ4n) is 2.27. The Bertz CT molecular complexity index is 571. The van der Waals surface area contributed by atoms with Crippen LogP contribution >= 0.6 is 0 Å². The van der Waals surface area contributed by atoms with Crippen molar-refractivity contribution in [2.75, 3.05) is 18.5 Å². The molecule has 1 heterocycles. The van der Waals surface area contributed by atoms with E-state index in [2.05, 4.69) is 23.3 Å². The van der Waals surface area contributed by atoms with Crippen molar-refractivity contribution in [3.05, 3.63) is 59.5 Å². The first-order valence-corrected chi connectivity index (χ1v) is 7.31. The van der Waals surface area contributed by atoms with Gasteiger partial charge in [-0.2, -0.15) is 0 Å². The van der Waals surface area contributed by atoms with E-state index in [-0.39, 0.29) is 5.82 Å². The molecule has 2 aromatic rings. The van der Waals surface area contributed by atoms with E-state index in [1.807, 2.05) is 30.1 Å². The molecule has 1 aromatic carbocycles. The predicted octanol–water partition coefficient (Wildman–Crippen LogP) is 3.36. The highest BCUT2D eigenvalue weighted by molar-refractivity contribution is 5.46. The third kappa shape index (κ3) is 4.26. The normalized spacial score (nSPS) is 10.6. The molecule has 0 amide bonds. The van der Waals surface area contributed by atoms with Crippen LogP contribution < -0.4 is 10.2 Å². The van der Waals surface area contributed by atoms with Crippen molar-refractivity contribution in [1.29, 1.82) is 0 Å². The average Bonchev–Trinajstić information content (AvgIpc) is 2.50. The molecule has 0 bridgehead atoms. The van der Waals surface area contributed by atoms with Gasteiger partial charge in [-0.15, -0.1) is 0 Å². The highest BCUT2D eigenvalue weighted by atomic mass is 19.1. The Kier molecular flexibility index (Phi) is 5.69. The molecular weight excluding hydrogens is 265 g/mol. The summed E-state index contributed by atoms with van der Waals surface area (Å²) in [7, 11) is 1.94. The number of anilines is 1. The van der Waals surface area contributed by atoms with E-state index in [0.29, 0.717) is 12.1 Å². The van der Waals surface area contributed by atoms with Gasteiger partial charge >= 0.3 is 0 Å². The van der Waals surface area contributed by atoms with Crippen LogP contribution in [0.2, 0.25) is 0 Å². The Morgan fingerprint density at radius 1 is 1.14 bits per heavy atom. The van der Waals surface area contributed by atoms with Crippen LogP contribution in [0.1, 0.15) is 24.5 Å². The summed E-state index contributed by atoms with van der Waals surface area (Å²) in [6.07, 6.45) is 2.87. The number of aromatic nitrogens is 1. The van der Waals surface area contributed by atoms with Crippen molar-refractivity contribution >= 4 is 5.82 Å². The summed E-state index contributed by atoms with van der Waals surface area (Å²) in [6.45, 7) is 4.40.